The average molecular weight is 392 g/mol. The largest absolute Gasteiger partial charge is 0.493 e. The molecule has 0 radical (unpaired) electrons. The van der Waals surface area contributed by atoms with Crippen molar-refractivity contribution in [1.29, 1.82) is 0 Å². The molecular formula is C22H21FN4O2. The first-order chi connectivity index (χ1) is 14.0. The SMILES string of the molecule is Nc1ccc(-c2ccc(F)c(C(=O)Nc3ccc(OCC4CC4)cc3)c2)nc1N. The molecule has 1 aliphatic carbocycles. The molecule has 1 heterocycles. The van der Waals surface area contributed by atoms with Crippen LogP contribution < -0.4 is 21.5 Å². The third-order valence-electron chi connectivity index (χ3n) is 4.76. The second-order valence-corrected chi connectivity index (χ2v) is 7.10. The Bertz CT molecular complexity index is 1050. The van der Waals surface area contributed by atoms with Crippen molar-refractivity contribution in [2.75, 3.05) is 23.4 Å². The molecule has 2 aromatic carbocycles. The summed E-state index contributed by atoms with van der Waals surface area (Å²) in [6, 6.07) is 14.5. The van der Waals surface area contributed by atoms with Crippen molar-refractivity contribution in [3.63, 3.8) is 0 Å². The van der Waals surface area contributed by atoms with Gasteiger partial charge in [0.25, 0.3) is 5.91 Å². The minimum Gasteiger partial charge on any atom is -0.493 e. The van der Waals surface area contributed by atoms with Gasteiger partial charge in [-0.15, -0.1) is 0 Å². The zero-order valence-corrected chi connectivity index (χ0v) is 15.7. The molecule has 1 aromatic heterocycles. The summed E-state index contributed by atoms with van der Waals surface area (Å²) in [4.78, 5) is 16.8. The molecular weight excluding hydrogens is 371 g/mol. The van der Waals surface area contributed by atoms with Gasteiger partial charge in [-0.05, 0) is 73.4 Å². The quantitative estimate of drug-likeness (QED) is 0.586. The van der Waals surface area contributed by atoms with Crippen LogP contribution in [0, 0.1) is 11.7 Å². The van der Waals surface area contributed by atoms with Gasteiger partial charge in [-0.1, -0.05) is 0 Å². The number of nitrogens with zero attached hydrogens (tertiary/aromatic N) is 1. The van der Waals surface area contributed by atoms with Gasteiger partial charge in [-0.25, -0.2) is 9.37 Å². The summed E-state index contributed by atoms with van der Waals surface area (Å²) in [5, 5.41) is 2.70. The van der Waals surface area contributed by atoms with Gasteiger partial charge < -0.3 is 21.5 Å². The fourth-order valence-electron chi connectivity index (χ4n) is 2.84. The second kappa shape index (κ2) is 7.79. The lowest BCUT2D eigenvalue weighted by molar-refractivity contribution is 0.102. The number of pyridine rings is 1. The number of hydrogen-bond acceptors (Lipinski definition) is 5. The van der Waals surface area contributed by atoms with E-state index in [1.165, 1.54) is 31.0 Å². The van der Waals surface area contributed by atoms with Gasteiger partial charge in [0.2, 0.25) is 0 Å². The molecule has 0 unspecified atom stereocenters. The maximum atomic E-state index is 14.3. The number of rotatable bonds is 6. The summed E-state index contributed by atoms with van der Waals surface area (Å²) in [5.74, 6) is 0.408. The van der Waals surface area contributed by atoms with E-state index in [2.05, 4.69) is 10.3 Å². The van der Waals surface area contributed by atoms with Crippen LogP contribution in [0.3, 0.4) is 0 Å². The van der Waals surface area contributed by atoms with Gasteiger partial charge in [0.1, 0.15) is 17.4 Å². The number of nitrogens with one attached hydrogen (secondary N) is 1. The molecule has 4 rings (SSSR count). The molecule has 0 atom stereocenters. The second-order valence-electron chi connectivity index (χ2n) is 7.10. The molecule has 148 valence electrons. The fourth-order valence-corrected chi connectivity index (χ4v) is 2.84. The normalized spacial score (nSPS) is 13.1. The minimum atomic E-state index is -0.626. The van der Waals surface area contributed by atoms with Gasteiger partial charge in [-0.3, -0.25) is 4.79 Å². The number of carbonyl (C=O) groups is 1. The molecule has 3 aromatic rings. The smallest absolute Gasteiger partial charge is 0.258 e. The molecule has 0 aliphatic heterocycles. The predicted molar refractivity (Wildman–Crippen MR) is 111 cm³/mol. The molecule has 1 aliphatic rings. The minimum absolute atomic E-state index is 0.0891. The average Bonchev–Trinajstić information content (AvgIpc) is 3.54. The maximum Gasteiger partial charge on any atom is 0.258 e. The van der Waals surface area contributed by atoms with Crippen molar-refractivity contribution in [3.8, 4) is 17.0 Å². The molecule has 6 nitrogen and oxygen atoms in total. The number of aromatic nitrogens is 1. The van der Waals surface area contributed by atoms with E-state index >= 15 is 0 Å². The molecule has 1 saturated carbocycles. The number of ether oxygens (including phenoxy) is 1. The maximum absolute atomic E-state index is 14.3. The molecule has 29 heavy (non-hydrogen) atoms. The third-order valence-corrected chi connectivity index (χ3v) is 4.76. The Balaban J connectivity index is 1.49. The highest BCUT2D eigenvalue weighted by atomic mass is 19.1. The van der Waals surface area contributed by atoms with Crippen molar-refractivity contribution in [3.05, 3.63) is 66.0 Å². The van der Waals surface area contributed by atoms with Crippen molar-refractivity contribution >= 4 is 23.1 Å². The Kier molecular flexibility index (Phi) is 5.03. The molecule has 0 bridgehead atoms. The van der Waals surface area contributed by atoms with Gasteiger partial charge in [0.05, 0.1) is 23.6 Å². The molecule has 5 N–H and O–H groups in total. The highest BCUT2D eigenvalue weighted by Gasteiger charge is 2.21. The Labute approximate surface area is 167 Å². The Morgan fingerprint density at radius 3 is 2.55 bits per heavy atom. The summed E-state index contributed by atoms with van der Waals surface area (Å²) in [7, 11) is 0. The summed E-state index contributed by atoms with van der Waals surface area (Å²) >= 11 is 0. The van der Waals surface area contributed by atoms with E-state index in [4.69, 9.17) is 16.2 Å². The van der Waals surface area contributed by atoms with Crippen LogP contribution in [0.1, 0.15) is 23.2 Å². The Morgan fingerprint density at radius 1 is 1.10 bits per heavy atom. The number of nitrogens with two attached hydrogens (primary N) is 2. The van der Waals surface area contributed by atoms with Crippen LogP contribution >= 0.6 is 0 Å². The lowest BCUT2D eigenvalue weighted by Crippen LogP contribution is -2.14. The molecule has 7 heteroatoms. The first-order valence-corrected chi connectivity index (χ1v) is 9.36. The van der Waals surface area contributed by atoms with Crippen LogP contribution in [0.4, 0.5) is 21.6 Å². The van der Waals surface area contributed by atoms with Crippen LogP contribution in [0.5, 0.6) is 5.75 Å². The van der Waals surface area contributed by atoms with E-state index in [1.807, 2.05) is 0 Å². The highest BCUT2D eigenvalue weighted by molar-refractivity contribution is 6.05. The van der Waals surface area contributed by atoms with Crippen molar-refractivity contribution in [1.82, 2.24) is 4.98 Å². The first kappa shape index (κ1) is 18.7. The molecule has 1 fully saturated rings. The number of carbonyl (C=O) groups excluding carboxylic acids is 1. The monoisotopic (exact) mass is 392 g/mol. The van der Waals surface area contributed by atoms with Crippen LogP contribution in [-0.2, 0) is 0 Å². The van der Waals surface area contributed by atoms with E-state index in [0.717, 1.165) is 5.75 Å². The zero-order valence-electron chi connectivity index (χ0n) is 15.7. The van der Waals surface area contributed by atoms with E-state index in [1.54, 1.807) is 36.4 Å². The summed E-state index contributed by atoms with van der Waals surface area (Å²) < 4.78 is 20.0. The van der Waals surface area contributed by atoms with Gasteiger partial charge in [0, 0.05) is 11.3 Å². The Hall–Kier alpha value is -3.61. The fraction of sp³-hybridized carbons (Fsp3) is 0.182. The van der Waals surface area contributed by atoms with E-state index in [0.29, 0.717) is 35.2 Å². The first-order valence-electron chi connectivity index (χ1n) is 9.36. The van der Waals surface area contributed by atoms with Gasteiger partial charge in [0.15, 0.2) is 0 Å². The zero-order chi connectivity index (χ0) is 20.4. The lowest BCUT2D eigenvalue weighted by Gasteiger charge is -2.10. The molecule has 0 saturated heterocycles. The van der Waals surface area contributed by atoms with Crippen LogP contribution in [-0.4, -0.2) is 17.5 Å². The highest BCUT2D eigenvalue weighted by Crippen LogP contribution is 2.30. The summed E-state index contributed by atoms with van der Waals surface area (Å²) in [6.07, 6.45) is 2.44. The lowest BCUT2D eigenvalue weighted by atomic mass is 10.1. The standard InChI is InChI=1S/C22H21FN4O2/c23-18-8-3-14(20-10-9-19(24)21(25)27-20)11-17(18)22(28)26-15-4-6-16(7-5-15)29-12-13-1-2-13/h3-11,13H,1-2,12,24H2,(H2,25,27)(H,26,28). The van der Waals surface area contributed by atoms with Crippen molar-refractivity contribution in [2.45, 2.75) is 12.8 Å². The van der Waals surface area contributed by atoms with E-state index in [9.17, 15) is 9.18 Å². The van der Waals surface area contributed by atoms with Crippen LogP contribution in [0.15, 0.2) is 54.6 Å². The summed E-state index contributed by atoms with van der Waals surface area (Å²) in [5.41, 5.74) is 13.3. The number of nitrogen functional groups attached to an aromatic ring is 2. The van der Waals surface area contributed by atoms with Crippen molar-refractivity contribution in [2.24, 2.45) is 5.92 Å². The van der Waals surface area contributed by atoms with Crippen LogP contribution in [0.25, 0.3) is 11.3 Å². The van der Waals surface area contributed by atoms with Crippen LogP contribution in [0.2, 0.25) is 0 Å². The van der Waals surface area contributed by atoms with Gasteiger partial charge >= 0.3 is 0 Å². The Morgan fingerprint density at radius 2 is 1.86 bits per heavy atom. The van der Waals surface area contributed by atoms with Crippen molar-refractivity contribution < 1.29 is 13.9 Å². The molecule has 1 amide bonds. The number of amides is 1. The van der Waals surface area contributed by atoms with E-state index < -0.39 is 11.7 Å². The summed E-state index contributed by atoms with van der Waals surface area (Å²) in [6.45, 7) is 0.716. The number of hydrogen-bond donors (Lipinski definition) is 3. The predicted octanol–water partition coefficient (Wildman–Crippen LogP) is 4.09. The number of anilines is 3. The number of benzene rings is 2. The topological polar surface area (TPSA) is 103 Å². The van der Waals surface area contributed by atoms with E-state index in [-0.39, 0.29) is 11.4 Å². The number of halogens is 1. The molecule has 0 spiro atoms. The van der Waals surface area contributed by atoms with Gasteiger partial charge in [-0.2, -0.15) is 0 Å². The third kappa shape index (κ3) is 4.45.